The van der Waals surface area contributed by atoms with Gasteiger partial charge in [0, 0.05) is 29.7 Å². The number of nitrogens with one attached hydrogen (secondary N) is 1. The van der Waals surface area contributed by atoms with E-state index in [-0.39, 0.29) is 5.91 Å². The number of benzene rings is 1. The number of hydrogen-bond acceptors (Lipinski definition) is 4. The maximum absolute atomic E-state index is 11.8. The van der Waals surface area contributed by atoms with Crippen molar-refractivity contribution < 1.29 is 4.79 Å². The van der Waals surface area contributed by atoms with Crippen molar-refractivity contribution in [1.82, 2.24) is 4.98 Å². The third-order valence-corrected chi connectivity index (χ3v) is 4.76. The minimum Gasteiger partial charge on any atom is -0.379 e. The molecule has 1 amide bonds. The second-order valence-electron chi connectivity index (χ2n) is 4.75. The molecule has 1 saturated heterocycles. The molecule has 0 radical (unpaired) electrons. The smallest absolute Gasteiger partial charge is 0.227 e. The zero-order chi connectivity index (χ0) is 14.8. The van der Waals surface area contributed by atoms with Gasteiger partial charge in [-0.1, -0.05) is 23.2 Å². The Morgan fingerprint density at radius 1 is 1.38 bits per heavy atom. The van der Waals surface area contributed by atoms with Gasteiger partial charge >= 0.3 is 0 Å². The number of carbonyl (C=O) groups is 1. The van der Waals surface area contributed by atoms with E-state index in [2.05, 4.69) is 10.3 Å². The molecule has 1 aliphatic rings. The molecule has 1 fully saturated rings. The number of amides is 1. The first-order valence-electron chi connectivity index (χ1n) is 6.57. The number of halogens is 2. The maximum Gasteiger partial charge on any atom is 0.227 e. The lowest BCUT2D eigenvalue weighted by Gasteiger charge is -2.17. The summed E-state index contributed by atoms with van der Waals surface area (Å²) in [7, 11) is 0. The Hall–Kier alpha value is -1.30. The third-order valence-electron chi connectivity index (χ3n) is 3.31. The summed E-state index contributed by atoms with van der Waals surface area (Å²) < 4.78 is 0.523. The summed E-state index contributed by atoms with van der Waals surface area (Å²) >= 11 is 13.4. The highest BCUT2D eigenvalue weighted by atomic mass is 35.5. The Morgan fingerprint density at radius 2 is 2.24 bits per heavy atom. The second-order valence-corrected chi connectivity index (χ2v) is 6.85. The molecule has 1 N–H and O–H groups in total. The van der Waals surface area contributed by atoms with Gasteiger partial charge in [0.15, 0.2) is 4.47 Å². The van der Waals surface area contributed by atoms with Crippen LogP contribution in [0.4, 0.5) is 11.4 Å². The molecule has 0 atom stereocenters. The number of nitrogens with zero attached hydrogens (tertiary/aromatic N) is 2. The molecule has 0 spiro atoms. The highest BCUT2D eigenvalue weighted by Gasteiger charge is 2.22. The number of anilines is 2. The molecule has 0 unspecified atom stereocenters. The minimum absolute atomic E-state index is 0.164. The molecule has 1 aromatic carbocycles. The zero-order valence-electron chi connectivity index (χ0n) is 11.1. The molecule has 2 heterocycles. The van der Waals surface area contributed by atoms with Gasteiger partial charge in [0.1, 0.15) is 0 Å². The Bertz CT molecular complexity index is 674. The van der Waals surface area contributed by atoms with E-state index in [9.17, 15) is 4.79 Å². The van der Waals surface area contributed by atoms with Gasteiger partial charge < -0.3 is 10.2 Å². The lowest BCUT2D eigenvalue weighted by molar-refractivity contribution is -0.117. The molecule has 0 aliphatic carbocycles. The van der Waals surface area contributed by atoms with Crippen molar-refractivity contribution in [1.29, 1.82) is 0 Å². The molecule has 1 aromatic heterocycles. The normalized spacial score (nSPS) is 14.8. The fraction of sp³-hybridized carbons (Fsp3) is 0.286. The number of hydrogen-bond donors (Lipinski definition) is 1. The molecular weight excluding hydrogens is 329 g/mol. The molecule has 0 saturated carbocycles. The summed E-state index contributed by atoms with van der Waals surface area (Å²) in [6.45, 7) is 1.37. The van der Waals surface area contributed by atoms with Crippen molar-refractivity contribution in [3.63, 3.8) is 0 Å². The molecule has 1 aliphatic heterocycles. The molecular formula is C14H13Cl2N3OS. The summed E-state index contributed by atoms with van der Waals surface area (Å²) in [6, 6.07) is 5.60. The van der Waals surface area contributed by atoms with Crippen molar-refractivity contribution in [3.8, 4) is 0 Å². The monoisotopic (exact) mass is 341 g/mol. The van der Waals surface area contributed by atoms with Crippen molar-refractivity contribution in [2.24, 2.45) is 0 Å². The van der Waals surface area contributed by atoms with E-state index in [0.717, 1.165) is 29.2 Å². The average Bonchev–Trinajstić information content (AvgIpc) is 3.07. The lowest BCUT2D eigenvalue weighted by atomic mass is 10.2. The van der Waals surface area contributed by atoms with E-state index in [1.165, 1.54) is 11.3 Å². The Balaban J connectivity index is 1.76. The van der Waals surface area contributed by atoms with Crippen LogP contribution in [0.3, 0.4) is 0 Å². The summed E-state index contributed by atoms with van der Waals surface area (Å²) in [5.74, 6) is 0.164. The van der Waals surface area contributed by atoms with Crippen molar-refractivity contribution in [3.05, 3.63) is 38.8 Å². The molecule has 4 nitrogen and oxygen atoms in total. The summed E-state index contributed by atoms with van der Waals surface area (Å²) in [5, 5.41) is 3.89. The highest BCUT2D eigenvalue weighted by molar-refractivity contribution is 7.15. The van der Waals surface area contributed by atoms with Gasteiger partial charge in [-0.15, -0.1) is 11.3 Å². The fourth-order valence-corrected chi connectivity index (χ4v) is 3.39. The third kappa shape index (κ3) is 3.31. The standard InChI is InChI=1S/C14H13Cl2N3OS/c15-11-4-3-9(19-5-1-2-13(19)20)6-12(11)17-7-10-8-18-14(16)21-10/h3-4,6,8,17H,1-2,5,7H2. The summed E-state index contributed by atoms with van der Waals surface area (Å²) in [5.41, 5.74) is 1.69. The Kier molecular flexibility index (Phi) is 4.33. The van der Waals surface area contributed by atoms with Crippen molar-refractivity contribution >= 4 is 51.8 Å². The Labute approximate surface area is 136 Å². The van der Waals surface area contributed by atoms with Crippen LogP contribution in [-0.4, -0.2) is 17.4 Å². The number of rotatable bonds is 4. The number of aromatic nitrogens is 1. The van der Waals surface area contributed by atoms with Gasteiger partial charge in [-0.3, -0.25) is 4.79 Å². The van der Waals surface area contributed by atoms with Crippen LogP contribution < -0.4 is 10.2 Å². The van der Waals surface area contributed by atoms with Gasteiger partial charge in [0.25, 0.3) is 0 Å². The fourth-order valence-electron chi connectivity index (χ4n) is 2.29. The molecule has 110 valence electrons. The van der Waals surface area contributed by atoms with Gasteiger partial charge in [0.2, 0.25) is 5.91 Å². The van der Waals surface area contributed by atoms with Crippen LogP contribution in [0.15, 0.2) is 24.4 Å². The molecule has 7 heteroatoms. The quantitative estimate of drug-likeness (QED) is 0.906. The van der Waals surface area contributed by atoms with Crippen LogP contribution in [0.5, 0.6) is 0 Å². The summed E-state index contributed by atoms with van der Waals surface area (Å²) in [6.07, 6.45) is 3.26. The molecule has 3 rings (SSSR count). The first-order valence-corrected chi connectivity index (χ1v) is 8.15. The van der Waals surface area contributed by atoms with Crippen LogP contribution in [0.25, 0.3) is 0 Å². The van der Waals surface area contributed by atoms with Gasteiger partial charge in [-0.05, 0) is 24.6 Å². The summed E-state index contributed by atoms with van der Waals surface area (Å²) in [4.78, 5) is 18.6. The van der Waals surface area contributed by atoms with Gasteiger partial charge in [-0.2, -0.15) is 0 Å². The number of carbonyl (C=O) groups excluding carboxylic acids is 1. The van der Waals surface area contributed by atoms with Crippen molar-refractivity contribution in [2.75, 3.05) is 16.8 Å². The van der Waals surface area contributed by atoms with E-state index in [4.69, 9.17) is 23.2 Å². The largest absolute Gasteiger partial charge is 0.379 e. The van der Waals surface area contributed by atoms with Crippen molar-refractivity contribution in [2.45, 2.75) is 19.4 Å². The first-order chi connectivity index (χ1) is 10.1. The van der Waals surface area contributed by atoms with Crippen LogP contribution in [0.1, 0.15) is 17.7 Å². The van der Waals surface area contributed by atoms with Crippen LogP contribution >= 0.6 is 34.5 Å². The van der Waals surface area contributed by atoms with Crippen LogP contribution in [-0.2, 0) is 11.3 Å². The molecule has 21 heavy (non-hydrogen) atoms. The SMILES string of the molecule is O=C1CCCN1c1ccc(Cl)c(NCc2cnc(Cl)s2)c1. The van der Waals surface area contributed by atoms with Gasteiger partial charge in [-0.25, -0.2) is 4.98 Å². The molecule has 2 aromatic rings. The zero-order valence-corrected chi connectivity index (χ0v) is 13.4. The topological polar surface area (TPSA) is 45.2 Å². The van der Waals surface area contributed by atoms with Crippen LogP contribution in [0.2, 0.25) is 9.49 Å². The lowest BCUT2D eigenvalue weighted by Crippen LogP contribution is -2.23. The first kappa shape index (κ1) is 14.6. The van der Waals surface area contributed by atoms with E-state index in [1.54, 1.807) is 11.1 Å². The predicted octanol–water partition coefficient (Wildman–Crippen LogP) is 4.19. The van der Waals surface area contributed by atoms with E-state index in [1.807, 2.05) is 18.2 Å². The Morgan fingerprint density at radius 3 is 2.90 bits per heavy atom. The second kappa shape index (κ2) is 6.22. The minimum atomic E-state index is 0.164. The van der Waals surface area contributed by atoms with Gasteiger partial charge in [0.05, 0.1) is 17.3 Å². The van der Waals surface area contributed by atoms with E-state index < -0.39 is 0 Å². The predicted molar refractivity (Wildman–Crippen MR) is 87.5 cm³/mol. The van der Waals surface area contributed by atoms with E-state index in [0.29, 0.717) is 22.5 Å². The average molecular weight is 342 g/mol. The maximum atomic E-state index is 11.8. The van der Waals surface area contributed by atoms with Crippen LogP contribution in [0, 0.1) is 0 Å². The molecule has 0 bridgehead atoms. The van der Waals surface area contributed by atoms with E-state index >= 15 is 0 Å². The number of thiazole rings is 1. The highest BCUT2D eigenvalue weighted by Crippen LogP contribution is 2.30.